The molecule has 0 aliphatic heterocycles. The standard InChI is InChI=1S/C22H20N4O3S/c1-15-7-3-4-11-20(15)21-23-24-22(25(21)14-19-10-6-12-29-19)30-16(2)17-8-5-9-18(13-17)26(27)28/h3-13,16H,14H2,1-2H3. The van der Waals surface area contributed by atoms with Crippen molar-refractivity contribution in [2.45, 2.75) is 30.8 Å². The van der Waals surface area contributed by atoms with Crippen molar-refractivity contribution in [1.82, 2.24) is 14.8 Å². The minimum absolute atomic E-state index is 0.0471. The average molecular weight is 420 g/mol. The molecule has 0 aliphatic rings. The zero-order valence-electron chi connectivity index (χ0n) is 16.6. The van der Waals surface area contributed by atoms with E-state index in [0.717, 1.165) is 33.4 Å². The van der Waals surface area contributed by atoms with E-state index in [-0.39, 0.29) is 15.9 Å². The Bertz CT molecular complexity index is 1170. The van der Waals surface area contributed by atoms with Crippen molar-refractivity contribution in [3.05, 3.63) is 93.9 Å². The summed E-state index contributed by atoms with van der Waals surface area (Å²) in [5, 5.41) is 20.7. The Hall–Kier alpha value is -3.39. The minimum atomic E-state index is -0.378. The molecule has 2 heterocycles. The summed E-state index contributed by atoms with van der Waals surface area (Å²) in [6.07, 6.45) is 1.64. The fraction of sp³-hybridized carbons (Fsp3) is 0.182. The van der Waals surface area contributed by atoms with Crippen LogP contribution < -0.4 is 0 Å². The first-order chi connectivity index (χ1) is 14.5. The summed E-state index contributed by atoms with van der Waals surface area (Å²) in [6, 6.07) is 18.5. The molecule has 8 heteroatoms. The minimum Gasteiger partial charge on any atom is -0.467 e. The predicted octanol–water partition coefficient (Wildman–Crippen LogP) is 5.66. The van der Waals surface area contributed by atoms with Crippen LogP contribution in [0.4, 0.5) is 5.69 Å². The van der Waals surface area contributed by atoms with Crippen LogP contribution >= 0.6 is 11.8 Å². The zero-order valence-corrected chi connectivity index (χ0v) is 17.4. The maximum absolute atomic E-state index is 11.1. The van der Waals surface area contributed by atoms with Crippen LogP contribution in [0.15, 0.2) is 76.5 Å². The lowest BCUT2D eigenvalue weighted by Gasteiger charge is -2.14. The first kappa shape index (κ1) is 19.9. The molecule has 0 saturated carbocycles. The van der Waals surface area contributed by atoms with Gasteiger partial charge in [-0.15, -0.1) is 10.2 Å². The number of thioether (sulfide) groups is 1. The van der Waals surface area contributed by atoms with Gasteiger partial charge in [-0.2, -0.15) is 0 Å². The highest BCUT2D eigenvalue weighted by molar-refractivity contribution is 7.99. The quantitative estimate of drug-likeness (QED) is 0.218. The van der Waals surface area contributed by atoms with Crippen LogP contribution in [0.1, 0.15) is 29.1 Å². The fourth-order valence-electron chi connectivity index (χ4n) is 3.22. The largest absolute Gasteiger partial charge is 0.467 e. The van der Waals surface area contributed by atoms with Crippen LogP contribution in [0, 0.1) is 17.0 Å². The first-order valence-electron chi connectivity index (χ1n) is 9.45. The van der Waals surface area contributed by atoms with Gasteiger partial charge >= 0.3 is 0 Å². The normalized spacial score (nSPS) is 12.1. The third-order valence-corrected chi connectivity index (χ3v) is 5.97. The molecule has 0 aliphatic carbocycles. The van der Waals surface area contributed by atoms with E-state index >= 15 is 0 Å². The summed E-state index contributed by atoms with van der Waals surface area (Å²) in [5.41, 5.74) is 3.05. The summed E-state index contributed by atoms with van der Waals surface area (Å²) in [6.45, 7) is 4.54. The molecule has 0 fully saturated rings. The Kier molecular flexibility index (Phi) is 5.67. The Morgan fingerprint density at radius 3 is 2.70 bits per heavy atom. The number of nitro benzene ring substituents is 1. The van der Waals surface area contributed by atoms with Crippen molar-refractivity contribution in [1.29, 1.82) is 0 Å². The lowest BCUT2D eigenvalue weighted by Crippen LogP contribution is -2.05. The number of nitrogens with zero attached hydrogens (tertiary/aromatic N) is 4. The molecular formula is C22H20N4O3S. The topological polar surface area (TPSA) is 87.0 Å². The summed E-state index contributed by atoms with van der Waals surface area (Å²) in [4.78, 5) is 10.7. The van der Waals surface area contributed by atoms with E-state index in [0.29, 0.717) is 6.54 Å². The molecule has 0 radical (unpaired) electrons. The van der Waals surface area contributed by atoms with Crippen LogP contribution in [0.5, 0.6) is 0 Å². The van der Waals surface area contributed by atoms with Gasteiger partial charge < -0.3 is 4.42 Å². The molecule has 0 spiro atoms. The van der Waals surface area contributed by atoms with Gasteiger partial charge in [-0.25, -0.2) is 0 Å². The number of aryl methyl sites for hydroxylation is 1. The Morgan fingerprint density at radius 1 is 1.13 bits per heavy atom. The predicted molar refractivity (Wildman–Crippen MR) is 115 cm³/mol. The van der Waals surface area contributed by atoms with Crippen molar-refractivity contribution in [2.24, 2.45) is 0 Å². The van der Waals surface area contributed by atoms with Crippen LogP contribution in [-0.4, -0.2) is 19.7 Å². The fourth-order valence-corrected chi connectivity index (χ4v) is 4.18. The first-order valence-corrected chi connectivity index (χ1v) is 10.3. The number of benzene rings is 2. The van der Waals surface area contributed by atoms with E-state index < -0.39 is 0 Å². The molecule has 30 heavy (non-hydrogen) atoms. The highest BCUT2D eigenvalue weighted by atomic mass is 32.2. The van der Waals surface area contributed by atoms with Gasteiger partial charge in [-0.3, -0.25) is 14.7 Å². The Balaban J connectivity index is 1.70. The Labute approximate surface area is 177 Å². The van der Waals surface area contributed by atoms with Crippen molar-refractivity contribution in [3.8, 4) is 11.4 Å². The molecule has 2 aromatic heterocycles. The van der Waals surface area contributed by atoms with Crippen molar-refractivity contribution >= 4 is 17.4 Å². The molecule has 0 amide bonds. The van der Waals surface area contributed by atoms with Gasteiger partial charge in [0.25, 0.3) is 5.69 Å². The molecule has 7 nitrogen and oxygen atoms in total. The zero-order chi connectivity index (χ0) is 21.1. The van der Waals surface area contributed by atoms with Gasteiger partial charge in [-0.1, -0.05) is 48.2 Å². The second-order valence-corrected chi connectivity index (χ2v) is 8.21. The van der Waals surface area contributed by atoms with E-state index in [1.54, 1.807) is 18.4 Å². The second-order valence-electron chi connectivity index (χ2n) is 6.90. The van der Waals surface area contributed by atoms with Crippen molar-refractivity contribution in [2.75, 3.05) is 0 Å². The molecule has 0 saturated heterocycles. The summed E-state index contributed by atoms with van der Waals surface area (Å²) >= 11 is 1.51. The third kappa shape index (κ3) is 4.13. The van der Waals surface area contributed by atoms with Crippen LogP contribution in [-0.2, 0) is 6.54 Å². The molecule has 4 aromatic rings. The van der Waals surface area contributed by atoms with Crippen LogP contribution in [0.3, 0.4) is 0 Å². The molecule has 152 valence electrons. The van der Waals surface area contributed by atoms with Gasteiger partial charge in [0.05, 0.1) is 17.7 Å². The number of rotatable bonds is 7. The van der Waals surface area contributed by atoms with Gasteiger partial charge in [0, 0.05) is 22.9 Å². The summed E-state index contributed by atoms with van der Waals surface area (Å²) < 4.78 is 7.58. The number of hydrogen-bond acceptors (Lipinski definition) is 6. The number of aromatic nitrogens is 3. The lowest BCUT2D eigenvalue weighted by molar-refractivity contribution is -0.384. The molecule has 2 aromatic carbocycles. The van der Waals surface area contributed by atoms with E-state index in [1.165, 1.54) is 17.8 Å². The van der Waals surface area contributed by atoms with Gasteiger partial charge in [0.15, 0.2) is 11.0 Å². The highest BCUT2D eigenvalue weighted by Crippen LogP contribution is 2.37. The van der Waals surface area contributed by atoms with E-state index in [2.05, 4.69) is 10.2 Å². The molecule has 4 rings (SSSR count). The lowest BCUT2D eigenvalue weighted by atomic mass is 10.1. The van der Waals surface area contributed by atoms with Crippen LogP contribution in [0.2, 0.25) is 0 Å². The van der Waals surface area contributed by atoms with E-state index in [1.807, 2.05) is 60.9 Å². The molecule has 0 bridgehead atoms. The number of non-ortho nitro benzene ring substituents is 1. The second kappa shape index (κ2) is 8.54. The highest BCUT2D eigenvalue weighted by Gasteiger charge is 2.20. The average Bonchev–Trinajstić information content (AvgIpc) is 3.39. The third-order valence-electron chi connectivity index (χ3n) is 4.83. The summed E-state index contributed by atoms with van der Waals surface area (Å²) in [5.74, 6) is 1.56. The van der Waals surface area contributed by atoms with Gasteiger partial charge in [-0.05, 0) is 37.1 Å². The van der Waals surface area contributed by atoms with Gasteiger partial charge in [0.1, 0.15) is 5.76 Å². The number of hydrogen-bond donors (Lipinski definition) is 0. The smallest absolute Gasteiger partial charge is 0.269 e. The summed E-state index contributed by atoms with van der Waals surface area (Å²) in [7, 11) is 0. The molecule has 1 atom stereocenters. The molecular weight excluding hydrogens is 400 g/mol. The van der Waals surface area contributed by atoms with E-state index in [4.69, 9.17) is 4.42 Å². The monoisotopic (exact) mass is 420 g/mol. The Morgan fingerprint density at radius 2 is 1.97 bits per heavy atom. The number of nitro groups is 1. The maximum atomic E-state index is 11.1. The maximum Gasteiger partial charge on any atom is 0.269 e. The van der Waals surface area contributed by atoms with Crippen LogP contribution in [0.25, 0.3) is 11.4 Å². The molecule has 1 unspecified atom stereocenters. The SMILES string of the molecule is Cc1ccccc1-c1nnc(SC(C)c2cccc([N+](=O)[O-])c2)n1Cc1ccco1. The number of furan rings is 1. The van der Waals surface area contributed by atoms with E-state index in [9.17, 15) is 10.1 Å². The molecule has 0 N–H and O–H groups in total. The van der Waals surface area contributed by atoms with Crippen molar-refractivity contribution in [3.63, 3.8) is 0 Å². The van der Waals surface area contributed by atoms with Gasteiger partial charge in [0.2, 0.25) is 0 Å². The van der Waals surface area contributed by atoms with Crippen molar-refractivity contribution < 1.29 is 9.34 Å².